The van der Waals surface area contributed by atoms with Gasteiger partial charge in [-0.3, -0.25) is 14.6 Å². The predicted octanol–water partition coefficient (Wildman–Crippen LogP) is 5.98. The van der Waals surface area contributed by atoms with Crippen molar-refractivity contribution in [3.05, 3.63) is 12.2 Å². The smallest absolute Gasteiger partial charge is 0.303 e. The second kappa shape index (κ2) is 21.9. The van der Waals surface area contributed by atoms with Gasteiger partial charge in [-0.25, -0.2) is 0 Å². The molecule has 7 nitrogen and oxygen atoms in total. The largest absolute Gasteiger partial charge is 0.481 e. The van der Waals surface area contributed by atoms with Crippen LogP contribution in [0.15, 0.2) is 17.1 Å². The van der Waals surface area contributed by atoms with E-state index in [1.165, 1.54) is 89.9 Å². The molecule has 0 spiro atoms. The molecule has 0 aromatic rings. The standard InChI is InChI=1S/C22H43N3.C4H6O4/c1-3-4-5-6-7-8-9-10-11-12-13-14-15-16-17-18-22-24-19-20-25(22)21(2)23;5-3(6)1-2-4(7)8/h17-18,21H,3-16,19-20,23H2,1-2H3;1-2H2,(H,5,6)(H,7,8)/b18-17+;. The van der Waals surface area contributed by atoms with Crippen molar-refractivity contribution in [2.75, 3.05) is 13.1 Å². The molecule has 33 heavy (non-hydrogen) atoms. The van der Waals surface area contributed by atoms with Crippen LogP contribution in [-0.4, -0.2) is 52.1 Å². The van der Waals surface area contributed by atoms with Gasteiger partial charge < -0.3 is 20.8 Å². The van der Waals surface area contributed by atoms with E-state index >= 15 is 0 Å². The number of carboxylic acid groups (broad SMARTS) is 2. The maximum atomic E-state index is 9.64. The van der Waals surface area contributed by atoms with Crippen molar-refractivity contribution in [1.29, 1.82) is 0 Å². The fraction of sp³-hybridized carbons (Fsp3) is 0.808. The van der Waals surface area contributed by atoms with Gasteiger partial charge in [-0.15, -0.1) is 0 Å². The molecule has 7 heteroatoms. The molecule has 1 unspecified atom stereocenters. The van der Waals surface area contributed by atoms with Crippen LogP contribution in [0, 0.1) is 0 Å². The SMILES string of the molecule is CCCCCCCCCCCCCCC/C=C/C1=NCCN1C(C)N.O=C(O)CCC(=O)O. The van der Waals surface area contributed by atoms with Gasteiger partial charge in [0.2, 0.25) is 0 Å². The fourth-order valence-electron chi connectivity index (χ4n) is 3.72. The fourth-order valence-corrected chi connectivity index (χ4v) is 3.72. The van der Waals surface area contributed by atoms with Gasteiger partial charge in [0.15, 0.2) is 0 Å². The molecule has 1 heterocycles. The van der Waals surface area contributed by atoms with E-state index in [1.54, 1.807) is 0 Å². The van der Waals surface area contributed by atoms with E-state index in [4.69, 9.17) is 15.9 Å². The monoisotopic (exact) mass is 467 g/mol. The van der Waals surface area contributed by atoms with E-state index in [9.17, 15) is 9.59 Å². The van der Waals surface area contributed by atoms with Crippen molar-refractivity contribution in [1.82, 2.24) is 4.90 Å². The van der Waals surface area contributed by atoms with Gasteiger partial charge in [0, 0.05) is 6.54 Å². The molecular weight excluding hydrogens is 418 g/mol. The number of aliphatic imine (C=N–C) groups is 1. The Hall–Kier alpha value is -1.89. The van der Waals surface area contributed by atoms with Gasteiger partial charge in [0.25, 0.3) is 0 Å². The first-order valence-electron chi connectivity index (χ1n) is 13.0. The third kappa shape index (κ3) is 20.4. The topological polar surface area (TPSA) is 116 Å². The number of unbranched alkanes of at least 4 members (excludes halogenated alkanes) is 13. The number of hydrogen-bond acceptors (Lipinski definition) is 5. The number of aliphatic carboxylic acids is 2. The van der Waals surface area contributed by atoms with Crippen LogP contribution in [0.1, 0.15) is 117 Å². The van der Waals surface area contributed by atoms with Gasteiger partial charge >= 0.3 is 11.9 Å². The van der Waals surface area contributed by atoms with E-state index < -0.39 is 11.9 Å². The molecule has 0 saturated carbocycles. The van der Waals surface area contributed by atoms with Gasteiger partial charge in [-0.1, -0.05) is 90.0 Å². The lowest BCUT2D eigenvalue weighted by molar-refractivity contribution is -0.143. The highest BCUT2D eigenvalue weighted by Gasteiger charge is 2.16. The van der Waals surface area contributed by atoms with Crippen molar-refractivity contribution in [2.45, 2.75) is 123 Å². The molecular formula is C26H49N3O4. The molecule has 0 saturated heterocycles. The predicted molar refractivity (Wildman–Crippen MR) is 137 cm³/mol. The summed E-state index contributed by atoms with van der Waals surface area (Å²) < 4.78 is 0. The van der Waals surface area contributed by atoms with Crippen LogP contribution >= 0.6 is 0 Å². The highest BCUT2D eigenvalue weighted by atomic mass is 16.4. The number of nitrogens with two attached hydrogens (primary N) is 1. The highest BCUT2D eigenvalue weighted by molar-refractivity contribution is 5.94. The normalized spacial score (nSPS) is 14.2. The molecule has 0 aromatic carbocycles. The molecule has 0 aliphatic carbocycles. The summed E-state index contributed by atoms with van der Waals surface area (Å²) in [5.41, 5.74) is 5.96. The minimum atomic E-state index is -1.08. The van der Waals surface area contributed by atoms with Gasteiger partial charge in [-0.05, 0) is 25.8 Å². The van der Waals surface area contributed by atoms with E-state index in [0.717, 1.165) is 18.9 Å². The van der Waals surface area contributed by atoms with Gasteiger partial charge in [0.05, 0.1) is 25.6 Å². The third-order valence-electron chi connectivity index (χ3n) is 5.69. The second-order valence-electron chi connectivity index (χ2n) is 8.90. The summed E-state index contributed by atoms with van der Waals surface area (Å²) in [5, 5.41) is 15.8. The Morgan fingerprint density at radius 2 is 1.36 bits per heavy atom. The lowest BCUT2D eigenvalue weighted by atomic mass is 10.0. The Balaban J connectivity index is 0.00000109. The molecule has 0 amide bonds. The summed E-state index contributed by atoms with van der Waals surface area (Å²) in [6.45, 7) is 6.17. The minimum Gasteiger partial charge on any atom is -0.481 e. The zero-order valence-electron chi connectivity index (χ0n) is 21.1. The first kappa shape index (κ1) is 31.1. The molecule has 1 rings (SSSR count). The van der Waals surface area contributed by atoms with Crippen molar-refractivity contribution < 1.29 is 19.8 Å². The lowest BCUT2D eigenvalue weighted by Crippen LogP contribution is -2.41. The first-order chi connectivity index (χ1) is 15.9. The van der Waals surface area contributed by atoms with Crippen LogP contribution < -0.4 is 5.73 Å². The summed E-state index contributed by atoms with van der Waals surface area (Å²) in [4.78, 5) is 26.0. The zero-order chi connectivity index (χ0) is 24.7. The highest BCUT2D eigenvalue weighted by Crippen LogP contribution is 2.13. The van der Waals surface area contributed by atoms with Crippen LogP contribution in [0.25, 0.3) is 0 Å². The third-order valence-corrected chi connectivity index (χ3v) is 5.69. The van der Waals surface area contributed by atoms with Gasteiger partial charge in [0.1, 0.15) is 5.84 Å². The van der Waals surface area contributed by atoms with E-state index in [2.05, 4.69) is 29.0 Å². The number of carboxylic acids is 2. The summed E-state index contributed by atoms with van der Waals surface area (Å²) in [5.74, 6) is -1.08. The van der Waals surface area contributed by atoms with Crippen LogP contribution in [0.2, 0.25) is 0 Å². The average Bonchev–Trinajstić information content (AvgIpc) is 3.24. The maximum absolute atomic E-state index is 9.64. The van der Waals surface area contributed by atoms with Crippen LogP contribution in [0.5, 0.6) is 0 Å². The molecule has 0 radical (unpaired) electrons. The quantitative estimate of drug-likeness (QED) is 0.201. The number of amidine groups is 1. The van der Waals surface area contributed by atoms with Crippen molar-refractivity contribution in [3.63, 3.8) is 0 Å². The number of nitrogens with zero attached hydrogens (tertiary/aromatic N) is 2. The van der Waals surface area contributed by atoms with Crippen LogP contribution in [-0.2, 0) is 9.59 Å². The molecule has 0 fully saturated rings. The summed E-state index contributed by atoms with van der Waals surface area (Å²) in [6, 6.07) is 0. The van der Waals surface area contributed by atoms with Crippen molar-refractivity contribution in [3.8, 4) is 0 Å². The van der Waals surface area contributed by atoms with Crippen LogP contribution in [0.4, 0.5) is 0 Å². The summed E-state index contributed by atoms with van der Waals surface area (Å²) >= 11 is 0. The molecule has 0 aromatic heterocycles. The summed E-state index contributed by atoms with van der Waals surface area (Å²) in [6.07, 6.45) is 23.5. The van der Waals surface area contributed by atoms with Gasteiger partial charge in [-0.2, -0.15) is 0 Å². The minimum absolute atomic E-state index is 0.0715. The molecule has 1 aliphatic heterocycles. The Morgan fingerprint density at radius 1 is 0.909 bits per heavy atom. The van der Waals surface area contributed by atoms with Crippen molar-refractivity contribution >= 4 is 17.8 Å². The van der Waals surface area contributed by atoms with E-state index in [-0.39, 0.29) is 19.0 Å². The maximum Gasteiger partial charge on any atom is 0.303 e. The summed E-state index contributed by atoms with van der Waals surface area (Å²) in [7, 11) is 0. The van der Waals surface area contributed by atoms with Crippen molar-refractivity contribution in [2.24, 2.45) is 10.7 Å². The number of allylic oxidation sites excluding steroid dienone is 1. The number of hydrogen-bond donors (Lipinski definition) is 3. The Labute approximate surface area is 201 Å². The molecule has 192 valence electrons. The zero-order valence-corrected chi connectivity index (χ0v) is 21.1. The second-order valence-corrected chi connectivity index (χ2v) is 8.90. The Kier molecular flexibility index (Phi) is 20.7. The molecule has 4 N–H and O–H groups in total. The average molecular weight is 468 g/mol. The van der Waals surface area contributed by atoms with E-state index in [1.807, 2.05) is 6.92 Å². The number of carbonyl (C=O) groups is 2. The first-order valence-corrected chi connectivity index (χ1v) is 13.0. The van der Waals surface area contributed by atoms with Crippen LogP contribution in [0.3, 0.4) is 0 Å². The Bertz CT molecular complexity index is 548. The Morgan fingerprint density at radius 3 is 1.79 bits per heavy atom. The van der Waals surface area contributed by atoms with E-state index in [0.29, 0.717) is 0 Å². The lowest BCUT2D eigenvalue weighted by Gasteiger charge is -2.22. The number of rotatable bonds is 19. The molecule has 0 bridgehead atoms. The molecule has 1 atom stereocenters. The molecule has 1 aliphatic rings.